The molecule has 0 heterocycles. The van der Waals surface area contributed by atoms with Crippen molar-refractivity contribution >= 4 is 11.9 Å². The Morgan fingerprint density at radius 3 is 0.929 bits per heavy atom. The first-order valence-corrected chi connectivity index (χ1v) is 38.4. The molecule has 2 unspecified atom stereocenters. The third-order valence-corrected chi connectivity index (χ3v) is 17.9. The number of hydrogen-bond donors (Lipinski definition) is 3. The molecule has 6 nitrogen and oxygen atoms in total. The van der Waals surface area contributed by atoms with Crippen LogP contribution in [0.1, 0.15) is 418 Å². The third-order valence-electron chi connectivity index (χ3n) is 17.9. The standard InChI is InChI=1S/C79H149NO5/c1-3-5-7-9-11-13-15-17-19-20-21-35-38-41-44-47-51-55-59-63-67-71-77(82)76(75-81)80-78(83)72-68-64-60-56-52-48-45-42-39-36-33-31-29-27-25-23-22-24-26-28-30-32-34-37-40-43-46-50-54-58-62-66-70-74-85-79(84)73-69-65-61-57-53-49-18-16-14-12-10-8-6-4-2/h10,12,16,18,26,28,32,34,76-77,81-82H,3-9,11,13-15,17,19-25,27,29-31,33,35-75H2,1-2H3,(H,80,83)/b12-10-,18-16-,28-26-,34-32-. The highest BCUT2D eigenvalue weighted by atomic mass is 16.5. The van der Waals surface area contributed by atoms with Gasteiger partial charge in [0.25, 0.3) is 0 Å². The molecule has 85 heavy (non-hydrogen) atoms. The van der Waals surface area contributed by atoms with E-state index in [1.54, 1.807) is 0 Å². The normalized spacial score (nSPS) is 12.8. The number of hydrogen-bond acceptors (Lipinski definition) is 5. The van der Waals surface area contributed by atoms with Crippen LogP contribution in [0.15, 0.2) is 48.6 Å². The lowest BCUT2D eigenvalue weighted by atomic mass is 10.0. The van der Waals surface area contributed by atoms with Crippen molar-refractivity contribution in [3.63, 3.8) is 0 Å². The molecule has 0 aromatic carbocycles. The van der Waals surface area contributed by atoms with Gasteiger partial charge in [0.05, 0.1) is 25.4 Å². The highest BCUT2D eigenvalue weighted by Gasteiger charge is 2.20. The van der Waals surface area contributed by atoms with E-state index in [2.05, 4.69) is 67.8 Å². The summed E-state index contributed by atoms with van der Waals surface area (Å²) in [5.41, 5.74) is 0. The zero-order chi connectivity index (χ0) is 61.3. The quantitative estimate of drug-likeness (QED) is 0.0320. The second kappa shape index (κ2) is 74.3. The molecule has 3 N–H and O–H groups in total. The summed E-state index contributed by atoms with van der Waals surface area (Å²) in [7, 11) is 0. The van der Waals surface area contributed by atoms with Gasteiger partial charge in [0.2, 0.25) is 5.91 Å². The molecule has 0 radical (unpaired) electrons. The van der Waals surface area contributed by atoms with Gasteiger partial charge in [-0.3, -0.25) is 9.59 Å². The largest absolute Gasteiger partial charge is 0.466 e. The minimum absolute atomic E-state index is 0.000186. The summed E-state index contributed by atoms with van der Waals surface area (Å²) in [6, 6.07) is -0.542. The van der Waals surface area contributed by atoms with Crippen LogP contribution in [-0.4, -0.2) is 47.4 Å². The molecule has 6 heteroatoms. The maximum absolute atomic E-state index is 12.6. The molecule has 0 saturated heterocycles. The lowest BCUT2D eigenvalue weighted by Gasteiger charge is -2.22. The fraction of sp³-hybridized carbons (Fsp3) is 0.873. The summed E-state index contributed by atoms with van der Waals surface area (Å²) < 4.78 is 5.48. The van der Waals surface area contributed by atoms with E-state index in [9.17, 15) is 19.8 Å². The summed E-state index contributed by atoms with van der Waals surface area (Å²) in [5.74, 6) is -0.0290. The average Bonchev–Trinajstić information content (AvgIpc) is 3.51. The second-order valence-corrected chi connectivity index (χ2v) is 26.3. The average molecular weight is 1190 g/mol. The fourth-order valence-electron chi connectivity index (χ4n) is 12.0. The van der Waals surface area contributed by atoms with Crippen LogP contribution in [0, 0.1) is 0 Å². The Labute approximate surface area is 531 Å². The number of esters is 1. The van der Waals surface area contributed by atoms with E-state index in [0.717, 1.165) is 57.8 Å². The van der Waals surface area contributed by atoms with Crippen molar-refractivity contribution < 1.29 is 24.5 Å². The van der Waals surface area contributed by atoms with Crippen molar-refractivity contribution in [2.45, 2.75) is 431 Å². The Balaban J connectivity index is 3.39. The number of unbranched alkanes of at least 4 members (excludes halogenated alkanes) is 53. The smallest absolute Gasteiger partial charge is 0.305 e. The van der Waals surface area contributed by atoms with Crippen LogP contribution in [0.5, 0.6) is 0 Å². The van der Waals surface area contributed by atoms with Crippen molar-refractivity contribution in [2.75, 3.05) is 13.2 Å². The third kappa shape index (κ3) is 70.8. The molecular weight excluding hydrogens is 1040 g/mol. The SMILES string of the molecule is CCCC/C=C\C/C=C\CCCCCCCC(=O)OCCCCCCCCCCC/C=C\C/C=C\CCCCCCCCCCCCCCCCCCCC(=O)NC(CO)C(O)CCCCCCCCCCCCCCCCCCCCCCC. The maximum atomic E-state index is 12.6. The van der Waals surface area contributed by atoms with Gasteiger partial charge in [-0.25, -0.2) is 0 Å². The molecule has 0 aromatic heterocycles. The summed E-state index contributed by atoms with van der Waals surface area (Å²) in [6.07, 6.45) is 97.6. The predicted molar refractivity (Wildman–Crippen MR) is 375 cm³/mol. The molecule has 1 amide bonds. The van der Waals surface area contributed by atoms with Gasteiger partial charge < -0.3 is 20.3 Å². The van der Waals surface area contributed by atoms with Crippen molar-refractivity contribution in [1.82, 2.24) is 5.32 Å². The van der Waals surface area contributed by atoms with Crippen LogP contribution in [0.3, 0.4) is 0 Å². The molecule has 500 valence electrons. The number of nitrogens with one attached hydrogen (secondary N) is 1. The molecule has 0 fully saturated rings. The minimum Gasteiger partial charge on any atom is -0.466 e. The van der Waals surface area contributed by atoms with E-state index in [4.69, 9.17) is 4.74 Å². The molecule has 2 atom stereocenters. The fourth-order valence-corrected chi connectivity index (χ4v) is 12.0. The zero-order valence-corrected chi connectivity index (χ0v) is 57.4. The van der Waals surface area contributed by atoms with Crippen LogP contribution >= 0.6 is 0 Å². The van der Waals surface area contributed by atoms with Gasteiger partial charge >= 0.3 is 5.97 Å². The number of carbonyl (C=O) groups is 2. The Hall–Kier alpha value is -2.18. The molecule has 0 aliphatic rings. The van der Waals surface area contributed by atoms with E-state index in [1.807, 2.05) is 0 Å². The number of allylic oxidation sites excluding steroid dienone is 8. The molecule has 0 aromatic rings. The minimum atomic E-state index is -0.665. The summed E-state index contributed by atoms with van der Waals surface area (Å²) in [6.45, 7) is 4.94. The lowest BCUT2D eigenvalue weighted by molar-refractivity contribution is -0.143. The highest BCUT2D eigenvalue weighted by molar-refractivity contribution is 5.76. The Morgan fingerprint density at radius 2 is 0.600 bits per heavy atom. The van der Waals surface area contributed by atoms with Gasteiger partial charge in [-0.1, -0.05) is 371 Å². The summed E-state index contributed by atoms with van der Waals surface area (Å²) in [4.78, 5) is 24.6. The topological polar surface area (TPSA) is 95.9 Å². The second-order valence-electron chi connectivity index (χ2n) is 26.3. The van der Waals surface area contributed by atoms with E-state index < -0.39 is 12.1 Å². The van der Waals surface area contributed by atoms with Gasteiger partial charge in [-0.2, -0.15) is 0 Å². The first-order valence-electron chi connectivity index (χ1n) is 38.4. The van der Waals surface area contributed by atoms with Gasteiger partial charge in [0.1, 0.15) is 0 Å². The van der Waals surface area contributed by atoms with Crippen LogP contribution in [0.4, 0.5) is 0 Å². The number of carbonyl (C=O) groups excluding carboxylic acids is 2. The Kier molecular flexibility index (Phi) is 72.4. The van der Waals surface area contributed by atoms with Crippen molar-refractivity contribution in [3.8, 4) is 0 Å². The summed E-state index contributed by atoms with van der Waals surface area (Å²) >= 11 is 0. The van der Waals surface area contributed by atoms with Gasteiger partial charge in [-0.05, 0) is 83.5 Å². The number of aliphatic hydroxyl groups excluding tert-OH is 2. The predicted octanol–water partition coefficient (Wildman–Crippen LogP) is 25.2. The van der Waals surface area contributed by atoms with E-state index in [1.165, 1.54) is 327 Å². The first-order chi connectivity index (χ1) is 42.0. The number of rotatable bonds is 72. The van der Waals surface area contributed by atoms with E-state index in [-0.39, 0.29) is 18.5 Å². The first kappa shape index (κ1) is 82.8. The molecular formula is C79H149NO5. The molecule has 0 spiro atoms. The maximum Gasteiger partial charge on any atom is 0.305 e. The van der Waals surface area contributed by atoms with Crippen LogP contribution in [0.25, 0.3) is 0 Å². The molecule has 0 bridgehead atoms. The molecule has 0 aliphatic heterocycles. The van der Waals surface area contributed by atoms with Crippen molar-refractivity contribution in [2.24, 2.45) is 0 Å². The number of aliphatic hydroxyl groups is 2. The van der Waals surface area contributed by atoms with E-state index >= 15 is 0 Å². The van der Waals surface area contributed by atoms with Crippen molar-refractivity contribution in [3.05, 3.63) is 48.6 Å². The van der Waals surface area contributed by atoms with Gasteiger partial charge in [0, 0.05) is 12.8 Å². The van der Waals surface area contributed by atoms with Crippen LogP contribution in [0.2, 0.25) is 0 Å². The molecule has 0 rings (SSSR count). The van der Waals surface area contributed by atoms with Crippen molar-refractivity contribution in [1.29, 1.82) is 0 Å². The lowest BCUT2D eigenvalue weighted by Crippen LogP contribution is -2.45. The van der Waals surface area contributed by atoms with Gasteiger partial charge in [0.15, 0.2) is 0 Å². The van der Waals surface area contributed by atoms with Crippen LogP contribution in [-0.2, 0) is 14.3 Å². The molecule has 0 saturated carbocycles. The summed E-state index contributed by atoms with van der Waals surface area (Å²) in [5, 5.41) is 23.4. The number of ether oxygens (including phenoxy) is 1. The van der Waals surface area contributed by atoms with Crippen LogP contribution < -0.4 is 5.32 Å². The van der Waals surface area contributed by atoms with Gasteiger partial charge in [-0.15, -0.1) is 0 Å². The Bertz CT molecular complexity index is 1420. The molecule has 0 aliphatic carbocycles. The monoisotopic (exact) mass is 1190 g/mol. The highest BCUT2D eigenvalue weighted by Crippen LogP contribution is 2.19. The number of amides is 1. The Morgan fingerprint density at radius 1 is 0.329 bits per heavy atom. The zero-order valence-electron chi connectivity index (χ0n) is 57.4. The van der Waals surface area contributed by atoms with E-state index in [0.29, 0.717) is 25.9 Å².